The van der Waals surface area contributed by atoms with Crippen molar-refractivity contribution in [2.45, 2.75) is 0 Å². The minimum atomic E-state index is -1.09. The second-order valence-electron chi connectivity index (χ2n) is 5.03. The van der Waals surface area contributed by atoms with E-state index >= 15 is 0 Å². The fourth-order valence-corrected chi connectivity index (χ4v) is 2.44. The van der Waals surface area contributed by atoms with Gasteiger partial charge in [-0.05, 0) is 12.1 Å². The number of carboxylic acids is 1. The van der Waals surface area contributed by atoms with Crippen LogP contribution in [-0.4, -0.2) is 34.8 Å². The smallest absolute Gasteiger partial charge is 0.356 e. The van der Waals surface area contributed by atoms with Gasteiger partial charge in [0.05, 0.1) is 19.9 Å². The first kappa shape index (κ1) is 15.6. The molecule has 0 spiro atoms. The van der Waals surface area contributed by atoms with E-state index in [0.29, 0.717) is 23.0 Å². The van der Waals surface area contributed by atoms with Gasteiger partial charge in [0.25, 0.3) is 0 Å². The van der Waals surface area contributed by atoms with E-state index in [9.17, 15) is 9.90 Å². The molecule has 0 aliphatic heterocycles. The van der Waals surface area contributed by atoms with Crippen LogP contribution in [0.5, 0.6) is 11.5 Å². The average molecular weight is 324 g/mol. The number of methoxy groups -OCH3 is 2. The summed E-state index contributed by atoms with van der Waals surface area (Å²) in [4.78, 5) is 15.6. The number of nitrogens with zero attached hydrogens (tertiary/aromatic N) is 2. The molecule has 1 N–H and O–H groups in total. The Morgan fingerprint density at radius 3 is 2.46 bits per heavy atom. The Bertz CT molecular complexity index is 872. The first-order valence-electron chi connectivity index (χ1n) is 7.24. The van der Waals surface area contributed by atoms with Gasteiger partial charge in [-0.25, -0.2) is 9.78 Å². The van der Waals surface area contributed by atoms with Crippen molar-refractivity contribution in [3.8, 4) is 28.6 Å². The molecule has 0 aliphatic rings. The minimum absolute atomic E-state index is 0.0428. The van der Waals surface area contributed by atoms with Crippen molar-refractivity contribution in [3.05, 3.63) is 60.4 Å². The number of carboxylic acid groups (broad SMARTS) is 1. The fourth-order valence-electron chi connectivity index (χ4n) is 2.44. The molecule has 0 saturated carbocycles. The highest BCUT2D eigenvalue weighted by Gasteiger charge is 2.18. The maximum atomic E-state index is 11.4. The maximum absolute atomic E-state index is 11.4. The van der Waals surface area contributed by atoms with E-state index in [4.69, 9.17) is 9.47 Å². The molecule has 0 radical (unpaired) electrons. The van der Waals surface area contributed by atoms with Crippen molar-refractivity contribution in [1.82, 2.24) is 9.55 Å². The highest BCUT2D eigenvalue weighted by Crippen LogP contribution is 2.31. The van der Waals surface area contributed by atoms with Crippen LogP contribution in [0.3, 0.4) is 0 Å². The number of aromatic carboxylic acids is 1. The summed E-state index contributed by atoms with van der Waals surface area (Å²) < 4.78 is 12.4. The number of hydrogen-bond donors (Lipinski definition) is 1. The Morgan fingerprint density at radius 1 is 1.08 bits per heavy atom. The lowest BCUT2D eigenvalue weighted by molar-refractivity contribution is 0.0691. The summed E-state index contributed by atoms with van der Waals surface area (Å²) in [5.41, 5.74) is 1.41. The molecular formula is C18H16N2O4. The van der Waals surface area contributed by atoms with Crippen molar-refractivity contribution in [3.63, 3.8) is 0 Å². The molecule has 122 valence electrons. The van der Waals surface area contributed by atoms with Crippen LogP contribution in [0.25, 0.3) is 17.1 Å². The SMILES string of the molecule is COc1ccc(OC)c(-n2cc(C(=O)O)nc2-c2ccccc2)c1. The molecular weight excluding hydrogens is 308 g/mol. The predicted octanol–water partition coefficient (Wildman–Crippen LogP) is 3.25. The monoisotopic (exact) mass is 324 g/mol. The Hall–Kier alpha value is -3.28. The lowest BCUT2D eigenvalue weighted by Gasteiger charge is -2.13. The van der Waals surface area contributed by atoms with Crippen LogP contribution in [0, 0.1) is 0 Å². The summed E-state index contributed by atoms with van der Waals surface area (Å²) in [5, 5.41) is 9.31. The van der Waals surface area contributed by atoms with Gasteiger partial charge in [-0.2, -0.15) is 0 Å². The molecule has 6 heteroatoms. The van der Waals surface area contributed by atoms with E-state index in [1.807, 2.05) is 30.3 Å². The quantitative estimate of drug-likeness (QED) is 0.780. The Labute approximate surface area is 138 Å². The van der Waals surface area contributed by atoms with Crippen LogP contribution in [0.2, 0.25) is 0 Å². The third-order valence-corrected chi connectivity index (χ3v) is 3.60. The molecule has 0 amide bonds. The number of imidazole rings is 1. The van der Waals surface area contributed by atoms with E-state index in [-0.39, 0.29) is 5.69 Å². The molecule has 0 atom stereocenters. The zero-order valence-electron chi connectivity index (χ0n) is 13.3. The van der Waals surface area contributed by atoms with Gasteiger partial charge in [-0.15, -0.1) is 0 Å². The van der Waals surface area contributed by atoms with Crippen LogP contribution in [0.1, 0.15) is 10.5 Å². The van der Waals surface area contributed by atoms with Gasteiger partial charge in [0.2, 0.25) is 0 Å². The van der Waals surface area contributed by atoms with Gasteiger partial charge in [-0.1, -0.05) is 30.3 Å². The summed E-state index contributed by atoms with van der Waals surface area (Å²) in [6.07, 6.45) is 1.47. The van der Waals surface area contributed by atoms with Crippen molar-refractivity contribution < 1.29 is 19.4 Å². The molecule has 24 heavy (non-hydrogen) atoms. The third kappa shape index (κ3) is 2.81. The molecule has 0 saturated heterocycles. The second-order valence-corrected chi connectivity index (χ2v) is 5.03. The largest absolute Gasteiger partial charge is 0.497 e. The lowest BCUT2D eigenvalue weighted by atomic mass is 10.2. The van der Waals surface area contributed by atoms with E-state index in [2.05, 4.69) is 4.98 Å². The minimum Gasteiger partial charge on any atom is -0.497 e. The molecule has 1 heterocycles. The van der Waals surface area contributed by atoms with Gasteiger partial charge in [0.1, 0.15) is 17.3 Å². The van der Waals surface area contributed by atoms with E-state index < -0.39 is 5.97 Å². The molecule has 2 aromatic carbocycles. The topological polar surface area (TPSA) is 73.6 Å². The maximum Gasteiger partial charge on any atom is 0.356 e. The van der Waals surface area contributed by atoms with Crippen LogP contribution in [0.15, 0.2) is 54.7 Å². The highest BCUT2D eigenvalue weighted by atomic mass is 16.5. The first-order chi connectivity index (χ1) is 11.6. The number of benzene rings is 2. The third-order valence-electron chi connectivity index (χ3n) is 3.60. The Morgan fingerprint density at radius 2 is 1.83 bits per heavy atom. The fraction of sp³-hybridized carbons (Fsp3) is 0.111. The molecule has 3 aromatic rings. The summed E-state index contributed by atoms with van der Waals surface area (Å²) >= 11 is 0. The van der Waals surface area contributed by atoms with Crippen molar-refractivity contribution in [2.24, 2.45) is 0 Å². The molecule has 6 nitrogen and oxygen atoms in total. The van der Waals surface area contributed by atoms with Gasteiger partial charge < -0.3 is 14.6 Å². The van der Waals surface area contributed by atoms with E-state index in [1.54, 1.807) is 37.0 Å². The zero-order valence-corrected chi connectivity index (χ0v) is 13.3. The van der Waals surface area contributed by atoms with Gasteiger partial charge in [-0.3, -0.25) is 4.57 Å². The summed E-state index contributed by atoms with van der Waals surface area (Å²) in [6, 6.07) is 14.7. The molecule has 3 rings (SSSR count). The number of aromatic nitrogens is 2. The lowest BCUT2D eigenvalue weighted by Crippen LogP contribution is -2.00. The first-order valence-corrected chi connectivity index (χ1v) is 7.24. The Balaban J connectivity index is 2.26. The summed E-state index contributed by atoms with van der Waals surface area (Å²) in [6.45, 7) is 0. The van der Waals surface area contributed by atoms with Crippen LogP contribution in [0.4, 0.5) is 0 Å². The van der Waals surface area contributed by atoms with E-state index in [0.717, 1.165) is 5.56 Å². The Kier molecular flexibility index (Phi) is 4.20. The number of carbonyl (C=O) groups is 1. The van der Waals surface area contributed by atoms with Crippen LogP contribution >= 0.6 is 0 Å². The summed E-state index contributed by atoms with van der Waals surface area (Å²) in [5.74, 6) is 0.644. The normalized spacial score (nSPS) is 10.4. The van der Waals surface area contributed by atoms with Gasteiger partial charge in [0.15, 0.2) is 5.69 Å². The number of ether oxygens (including phenoxy) is 2. The molecule has 0 bridgehead atoms. The van der Waals surface area contributed by atoms with Gasteiger partial charge in [0, 0.05) is 17.8 Å². The average Bonchev–Trinajstić information content (AvgIpc) is 3.07. The van der Waals surface area contributed by atoms with Gasteiger partial charge >= 0.3 is 5.97 Å². The molecule has 1 aromatic heterocycles. The number of hydrogen-bond acceptors (Lipinski definition) is 4. The van der Waals surface area contributed by atoms with Crippen molar-refractivity contribution in [2.75, 3.05) is 14.2 Å². The van der Waals surface area contributed by atoms with Crippen LogP contribution in [-0.2, 0) is 0 Å². The predicted molar refractivity (Wildman–Crippen MR) is 89.1 cm³/mol. The van der Waals surface area contributed by atoms with Crippen LogP contribution < -0.4 is 9.47 Å². The summed E-state index contributed by atoms with van der Waals surface area (Å²) in [7, 11) is 3.13. The zero-order chi connectivity index (χ0) is 17.1. The van der Waals surface area contributed by atoms with E-state index in [1.165, 1.54) is 6.20 Å². The molecule has 0 fully saturated rings. The van der Waals surface area contributed by atoms with Crippen molar-refractivity contribution >= 4 is 5.97 Å². The standard InChI is InChI=1S/C18H16N2O4/c1-23-13-8-9-16(24-2)15(10-13)20-11-14(18(21)22)19-17(20)12-6-4-3-5-7-12/h3-11H,1-2H3,(H,21,22). The molecule has 0 aliphatic carbocycles. The molecule has 0 unspecified atom stereocenters. The number of rotatable bonds is 5. The highest BCUT2D eigenvalue weighted by molar-refractivity contribution is 5.86. The second kappa shape index (κ2) is 6.45. The van der Waals surface area contributed by atoms with Crippen molar-refractivity contribution in [1.29, 1.82) is 0 Å².